The van der Waals surface area contributed by atoms with Gasteiger partial charge in [-0.15, -0.1) is 0 Å². The van der Waals surface area contributed by atoms with Gasteiger partial charge in [0, 0.05) is 31.4 Å². The van der Waals surface area contributed by atoms with Gasteiger partial charge in [0.15, 0.2) is 0 Å². The van der Waals surface area contributed by atoms with Gasteiger partial charge < -0.3 is 15.7 Å². The van der Waals surface area contributed by atoms with E-state index in [1.807, 2.05) is 0 Å². The van der Waals surface area contributed by atoms with Gasteiger partial charge in [0.1, 0.15) is 6.04 Å². The summed E-state index contributed by atoms with van der Waals surface area (Å²) in [5, 5.41) is 15.4. The summed E-state index contributed by atoms with van der Waals surface area (Å²) >= 11 is 0. The minimum Gasteiger partial charge on any atom is -0.465 e. The first kappa shape index (κ1) is 24.8. The number of carboxylic acid groups (broad SMARTS) is 1. The van der Waals surface area contributed by atoms with Crippen LogP contribution in [-0.4, -0.2) is 72.4 Å². The van der Waals surface area contributed by atoms with Gasteiger partial charge in [0.2, 0.25) is 21.8 Å². The van der Waals surface area contributed by atoms with E-state index in [1.165, 1.54) is 35.0 Å². The lowest BCUT2D eigenvalue weighted by Gasteiger charge is -2.54. The van der Waals surface area contributed by atoms with Gasteiger partial charge in [-0.2, -0.15) is 4.31 Å². The van der Waals surface area contributed by atoms with Crippen molar-refractivity contribution in [1.82, 2.24) is 14.5 Å². The monoisotopic (exact) mass is 516 g/mol. The van der Waals surface area contributed by atoms with Crippen LogP contribution in [0, 0.1) is 23.7 Å². The molecule has 4 bridgehead atoms. The number of nitrogens with one attached hydrogen (secondary N) is 2. The molecule has 1 aromatic carbocycles. The summed E-state index contributed by atoms with van der Waals surface area (Å²) in [5.41, 5.74) is 0.419. The minimum absolute atomic E-state index is 0.00285. The highest BCUT2D eigenvalue weighted by Gasteiger charge is 2.50. The largest absolute Gasteiger partial charge is 0.465 e. The van der Waals surface area contributed by atoms with Crippen LogP contribution in [0.3, 0.4) is 0 Å². The highest BCUT2D eigenvalue weighted by molar-refractivity contribution is 7.89. The van der Waals surface area contributed by atoms with Crippen molar-refractivity contribution in [2.75, 3.05) is 25.0 Å². The molecule has 36 heavy (non-hydrogen) atoms. The number of benzene rings is 1. The molecular weight excluding hydrogens is 484 g/mol. The van der Waals surface area contributed by atoms with Crippen molar-refractivity contribution in [3.63, 3.8) is 0 Å². The summed E-state index contributed by atoms with van der Waals surface area (Å²) in [6.45, 7) is 2.99. The predicted octanol–water partition coefficient (Wildman–Crippen LogP) is 2.10. The molecule has 194 valence electrons. The van der Waals surface area contributed by atoms with E-state index in [0.29, 0.717) is 17.5 Å². The van der Waals surface area contributed by atoms with E-state index in [4.69, 9.17) is 0 Å². The Balaban J connectivity index is 1.31. The first-order valence-corrected chi connectivity index (χ1v) is 13.9. The molecule has 4 saturated carbocycles. The molecule has 1 heterocycles. The third kappa shape index (κ3) is 4.61. The van der Waals surface area contributed by atoms with E-state index in [1.54, 1.807) is 0 Å². The molecule has 0 radical (unpaired) electrons. The first-order chi connectivity index (χ1) is 17.2. The van der Waals surface area contributed by atoms with Crippen molar-refractivity contribution in [1.29, 1.82) is 0 Å². The SMILES string of the molecule is C=CC(=O)Nc1ccc(S(=O)(=O)N2CCN(C(=O)O)C(C(=O)NC3C4CC5CC(C4)CC3C5)C2)cc1. The Labute approximate surface area is 210 Å². The fourth-order valence-corrected chi connectivity index (χ4v) is 8.34. The molecule has 0 spiro atoms. The topological polar surface area (TPSA) is 136 Å². The van der Waals surface area contributed by atoms with Crippen molar-refractivity contribution in [3.05, 3.63) is 36.9 Å². The van der Waals surface area contributed by atoms with E-state index in [0.717, 1.165) is 48.5 Å². The number of anilines is 1. The molecule has 1 unspecified atom stereocenters. The van der Waals surface area contributed by atoms with Crippen LogP contribution in [0.1, 0.15) is 32.1 Å². The van der Waals surface area contributed by atoms with Gasteiger partial charge in [-0.3, -0.25) is 14.5 Å². The van der Waals surface area contributed by atoms with Crippen LogP contribution in [0.4, 0.5) is 10.5 Å². The van der Waals surface area contributed by atoms with Gasteiger partial charge >= 0.3 is 6.09 Å². The van der Waals surface area contributed by atoms with Crippen molar-refractivity contribution < 1.29 is 27.9 Å². The first-order valence-electron chi connectivity index (χ1n) is 12.5. The van der Waals surface area contributed by atoms with E-state index in [2.05, 4.69) is 17.2 Å². The fraction of sp³-hybridized carbons (Fsp3) is 0.560. The number of sulfonamides is 1. The average Bonchev–Trinajstić information content (AvgIpc) is 2.85. The zero-order valence-corrected chi connectivity index (χ0v) is 20.8. The molecule has 10 nitrogen and oxygen atoms in total. The third-order valence-corrected chi connectivity index (χ3v) is 10.3. The number of amides is 3. The van der Waals surface area contributed by atoms with Gasteiger partial charge in [-0.05, 0) is 86.1 Å². The maximum atomic E-state index is 13.4. The van der Waals surface area contributed by atoms with Gasteiger partial charge in [0.05, 0.1) is 4.90 Å². The molecule has 6 rings (SSSR count). The molecule has 1 atom stereocenters. The lowest BCUT2D eigenvalue weighted by Crippen LogP contribution is -2.64. The van der Waals surface area contributed by atoms with Gasteiger partial charge in [-0.1, -0.05) is 6.58 Å². The molecule has 5 fully saturated rings. The maximum Gasteiger partial charge on any atom is 0.408 e. The van der Waals surface area contributed by atoms with E-state index < -0.39 is 34.0 Å². The molecular formula is C25H32N4O6S. The Kier molecular flexibility index (Phi) is 6.54. The normalized spacial score (nSPS) is 31.6. The zero-order valence-electron chi connectivity index (χ0n) is 20.0. The van der Waals surface area contributed by atoms with Crippen molar-refractivity contribution in [3.8, 4) is 0 Å². The number of hydrogen-bond acceptors (Lipinski definition) is 5. The van der Waals surface area contributed by atoms with E-state index in [9.17, 15) is 27.9 Å². The average molecular weight is 517 g/mol. The number of piperazine rings is 1. The maximum absolute atomic E-state index is 13.4. The number of rotatable bonds is 6. The molecule has 3 N–H and O–H groups in total. The molecule has 11 heteroatoms. The van der Waals surface area contributed by atoms with E-state index >= 15 is 0 Å². The van der Waals surface area contributed by atoms with Crippen LogP contribution in [-0.2, 0) is 19.6 Å². The van der Waals surface area contributed by atoms with Crippen LogP contribution in [0.5, 0.6) is 0 Å². The zero-order chi connectivity index (χ0) is 25.6. The Hall–Kier alpha value is -2.92. The Morgan fingerprint density at radius 1 is 0.972 bits per heavy atom. The Bertz CT molecular complexity index is 1140. The second kappa shape index (κ2) is 9.51. The predicted molar refractivity (Wildman–Crippen MR) is 132 cm³/mol. The van der Waals surface area contributed by atoms with Crippen LogP contribution in [0.15, 0.2) is 41.8 Å². The van der Waals surface area contributed by atoms with Crippen LogP contribution in [0.25, 0.3) is 0 Å². The van der Waals surface area contributed by atoms with Crippen molar-refractivity contribution >= 4 is 33.6 Å². The van der Waals surface area contributed by atoms with Crippen molar-refractivity contribution in [2.24, 2.45) is 23.7 Å². The van der Waals surface area contributed by atoms with Crippen LogP contribution >= 0.6 is 0 Å². The smallest absolute Gasteiger partial charge is 0.408 e. The summed E-state index contributed by atoms with van der Waals surface area (Å²) in [6.07, 6.45) is 5.59. The summed E-state index contributed by atoms with van der Waals surface area (Å²) < 4.78 is 27.8. The summed E-state index contributed by atoms with van der Waals surface area (Å²) in [6, 6.07) is 4.61. The number of nitrogens with zero attached hydrogens (tertiary/aromatic N) is 2. The molecule has 1 aliphatic heterocycles. The highest BCUT2D eigenvalue weighted by Crippen LogP contribution is 2.53. The molecule has 0 aromatic heterocycles. The number of hydrogen-bond donors (Lipinski definition) is 3. The Morgan fingerprint density at radius 2 is 1.58 bits per heavy atom. The summed E-state index contributed by atoms with van der Waals surface area (Å²) in [5.74, 6) is 1.49. The molecule has 1 aromatic rings. The highest BCUT2D eigenvalue weighted by atomic mass is 32.2. The van der Waals surface area contributed by atoms with Crippen molar-refractivity contribution in [2.45, 2.75) is 49.1 Å². The fourth-order valence-electron chi connectivity index (χ4n) is 6.90. The summed E-state index contributed by atoms with van der Waals surface area (Å²) in [7, 11) is -3.98. The number of carbonyl (C=O) groups excluding carboxylic acids is 2. The van der Waals surface area contributed by atoms with Crippen LogP contribution < -0.4 is 10.6 Å². The third-order valence-electron chi connectivity index (χ3n) is 8.37. The second-order valence-electron chi connectivity index (χ2n) is 10.5. The molecule has 4 aliphatic carbocycles. The van der Waals surface area contributed by atoms with Gasteiger partial charge in [-0.25, -0.2) is 13.2 Å². The van der Waals surface area contributed by atoms with Gasteiger partial charge in [0.25, 0.3) is 0 Å². The quantitative estimate of drug-likeness (QED) is 0.496. The minimum atomic E-state index is -3.98. The molecule has 1 saturated heterocycles. The van der Waals surface area contributed by atoms with Crippen LogP contribution in [0.2, 0.25) is 0 Å². The van der Waals surface area contributed by atoms with E-state index in [-0.39, 0.29) is 30.6 Å². The number of carbonyl (C=O) groups is 3. The Morgan fingerprint density at radius 3 is 2.14 bits per heavy atom. The summed E-state index contributed by atoms with van der Waals surface area (Å²) in [4.78, 5) is 37.8. The lowest BCUT2D eigenvalue weighted by atomic mass is 9.54. The lowest BCUT2D eigenvalue weighted by molar-refractivity contribution is -0.131. The molecule has 3 amide bonds. The second-order valence-corrected chi connectivity index (χ2v) is 12.5. The standard InChI is InChI=1S/C25H32N4O6S/c1-2-22(30)26-19-3-5-20(6-4-19)36(34,35)28-7-8-29(25(32)33)21(14-28)24(31)27-23-17-10-15-9-16(12-17)13-18(23)11-15/h2-6,15-18,21,23H,1,7-14H2,(H,26,30)(H,27,31)(H,32,33). The molecule has 5 aliphatic rings.